The van der Waals surface area contributed by atoms with Gasteiger partial charge in [-0.15, -0.1) is 0 Å². The molecule has 0 aliphatic carbocycles. The van der Waals surface area contributed by atoms with Crippen molar-refractivity contribution in [2.45, 2.75) is 46.0 Å². The average molecular weight is 236 g/mol. The van der Waals surface area contributed by atoms with Crippen LogP contribution in [0.5, 0.6) is 0 Å². The standard InChI is InChI=1S/C13H20N2O2/c1-9(2)12-11(10(3)14-17-12)13(16)15-7-5-4-6-8-15/h9H,4-8H2,1-3H3. The summed E-state index contributed by atoms with van der Waals surface area (Å²) in [7, 11) is 0. The number of likely N-dealkylation sites (tertiary alicyclic amines) is 1. The summed E-state index contributed by atoms with van der Waals surface area (Å²) in [6.07, 6.45) is 3.43. The maximum absolute atomic E-state index is 12.4. The summed E-state index contributed by atoms with van der Waals surface area (Å²) in [4.78, 5) is 14.4. The van der Waals surface area contributed by atoms with Crippen molar-refractivity contribution in [2.24, 2.45) is 0 Å². The van der Waals surface area contributed by atoms with E-state index >= 15 is 0 Å². The quantitative estimate of drug-likeness (QED) is 0.793. The third-order valence-corrected chi connectivity index (χ3v) is 3.27. The van der Waals surface area contributed by atoms with Gasteiger partial charge in [0.1, 0.15) is 5.56 Å². The van der Waals surface area contributed by atoms with E-state index in [1.165, 1.54) is 6.42 Å². The third kappa shape index (κ3) is 2.35. The Labute approximate surface area is 102 Å². The molecule has 1 amide bonds. The van der Waals surface area contributed by atoms with E-state index in [0.717, 1.165) is 31.7 Å². The van der Waals surface area contributed by atoms with Crippen molar-refractivity contribution in [3.63, 3.8) is 0 Å². The minimum Gasteiger partial charge on any atom is -0.360 e. The Bertz CT molecular complexity index is 404. The van der Waals surface area contributed by atoms with Crippen LogP contribution in [0.2, 0.25) is 0 Å². The van der Waals surface area contributed by atoms with Crippen molar-refractivity contribution in [3.8, 4) is 0 Å². The largest absolute Gasteiger partial charge is 0.360 e. The van der Waals surface area contributed by atoms with Crippen LogP contribution >= 0.6 is 0 Å². The SMILES string of the molecule is Cc1noc(C(C)C)c1C(=O)N1CCCCC1. The molecule has 0 N–H and O–H groups in total. The van der Waals surface area contributed by atoms with Gasteiger partial charge in [-0.05, 0) is 26.2 Å². The zero-order valence-electron chi connectivity index (χ0n) is 10.8. The number of aromatic nitrogens is 1. The Morgan fingerprint density at radius 3 is 2.53 bits per heavy atom. The van der Waals surface area contributed by atoms with E-state index in [-0.39, 0.29) is 11.8 Å². The van der Waals surface area contributed by atoms with Gasteiger partial charge in [0, 0.05) is 19.0 Å². The van der Waals surface area contributed by atoms with Crippen molar-refractivity contribution in [1.29, 1.82) is 0 Å². The van der Waals surface area contributed by atoms with Crippen molar-refractivity contribution >= 4 is 5.91 Å². The summed E-state index contributed by atoms with van der Waals surface area (Å²) in [5.41, 5.74) is 1.39. The van der Waals surface area contributed by atoms with Gasteiger partial charge in [-0.1, -0.05) is 19.0 Å². The second kappa shape index (κ2) is 4.90. The van der Waals surface area contributed by atoms with Crippen molar-refractivity contribution < 1.29 is 9.32 Å². The molecule has 1 aliphatic heterocycles. The highest BCUT2D eigenvalue weighted by molar-refractivity contribution is 5.96. The topological polar surface area (TPSA) is 46.3 Å². The Morgan fingerprint density at radius 2 is 1.94 bits per heavy atom. The molecule has 4 nitrogen and oxygen atoms in total. The summed E-state index contributed by atoms with van der Waals surface area (Å²) in [5, 5.41) is 3.93. The first kappa shape index (κ1) is 12.1. The number of nitrogens with zero attached hydrogens (tertiary/aromatic N) is 2. The fourth-order valence-electron chi connectivity index (χ4n) is 2.30. The molecular weight excluding hydrogens is 216 g/mol. The first-order valence-corrected chi connectivity index (χ1v) is 6.36. The third-order valence-electron chi connectivity index (χ3n) is 3.27. The second-order valence-electron chi connectivity index (χ2n) is 5.01. The van der Waals surface area contributed by atoms with Crippen molar-refractivity contribution in [2.75, 3.05) is 13.1 Å². The predicted octanol–water partition coefficient (Wildman–Crippen LogP) is 2.73. The Balaban J connectivity index is 2.26. The Hall–Kier alpha value is -1.32. The summed E-state index contributed by atoms with van der Waals surface area (Å²) in [6.45, 7) is 7.61. The van der Waals surface area contributed by atoms with Crippen LogP contribution in [0, 0.1) is 6.92 Å². The van der Waals surface area contributed by atoms with Gasteiger partial charge < -0.3 is 9.42 Å². The molecule has 17 heavy (non-hydrogen) atoms. The molecule has 0 aromatic carbocycles. The number of carbonyl (C=O) groups excluding carboxylic acids is 1. The molecule has 1 aliphatic rings. The lowest BCUT2D eigenvalue weighted by molar-refractivity contribution is 0.0721. The van der Waals surface area contributed by atoms with Gasteiger partial charge >= 0.3 is 0 Å². The highest BCUT2D eigenvalue weighted by Crippen LogP contribution is 2.24. The van der Waals surface area contributed by atoms with E-state index in [0.29, 0.717) is 11.3 Å². The number of rotatable bonds is 2. The summed E-state index contributed by atoms with van der Waals surface area (Å²) in [6, 6.07) is 0. The average Bonchev–Trinajstić information content (AvgIpc) is 2.71. The molecule has 0 unspecified atom stereocenters. The molecular formula is C13H20N2O2. The summed E-state index contributed by atoms with van der Waals surface area (Å²) >= 11 is 0. The molecule has 0 saturated carbocycles. The molecule has 0 bridgehead atoms. The van der Waals surface area contributed by atoms with Gasteiger partial charge in [0.2, 0.25) is 0 Å². The predicted molar refractivity (Wildman–Crippen MR) is 65.1 cm³/mol. The van der Waals surface area contributed by atoms with Crippen LogP contribution in [-0.2, 0) is 0 Å². The lowest BCUT2D eigenvalue weighted by Gasteiger charge is -2.26. The smallest absolute Gasteiger partial charge is 0.259 e. The van der Waals surface area contributed by atoms with Crippen molar-refractivity contribution in [1.82, 2.24) is 10.1 Å². The number of hydrogen-bond acceptors (Lipinski definition) is 3. The first-order chi connectivity index (χ1) is 8.11. The number of carbonyl (C=O) groups is 1. The number of piperidine rings is 1. The molecule has 2 heterocycles. The molecule has 4 heteroatoms. The molecule has 1 saturated heterocycles. The van der Waals surface area contributed by atoms with Gasteiger partial charge in [-0.2, -0.15) is 0 Å². The van der Waals surface area contributed by atoms with Crippen LogP contribution in [-0.4, -0.2) is 29.1 Å². The highest BCUT2D eigenvalue weighted by Gasteiger charge is 2.27. The normalized spacial score (nSPS) is 16.6. The molecule has 1 aromatic heterocycles. The fourth-order valence-corrected chi connectivity index (χ4v) is 2.30. The van der Waals surface area contributed by atoms with Gasteiger partial charge in [-0.3, -0.25) is 4.79 Å². The Kier molecular flexibility index (Phi) is 3.50. The molecule has 1 aromatic rings. The first-order valence-electron chi connectivity index (χ1n) is 6.36. The van der Waals surface area contributed by atoms with E-state index in [4.69, 9.17) is 4.52 Å². The fraction of sp³-hybridized carbons (Fsp3) is 0.692. The van der Waals surface area contributed by atoms with Gasteiger partial charge in [0.25, 0.3) is 5.91 Å². The summed E-state index contributed by atoms with van der Waals surface area (Å²) < 4.78 is 5.27. The van der Waals surface area contributed by atoms with E-state index < -0.39 is 0 Å². The second-order valence-corrected chi connectivity index (χ2v) is 5.01. The van der Waals surface area contributed by atoms with Crippen LogP contribution in [0.15, 0.2) is 4.52 Å². The van der Waals surface area contributed by atoms with Crippen LogP contribution in [0.1, 0.15) is 60.8 Å². The van der Waals surface area contributed by atoms with Crippen LogP contribution in [0.4, 0.5) is 0 Å². The van der Waals surface area contributed by atoms with Gasteiger partial charge in [0.15, 0.2) is 5.76 Å². The van der Waals surface area contributed by atoms with Crippen molar-refractivity contribution in [3.05, 3.63) is 17.0 Å². The maximum atomic E-state index is 12.4. The lowest BCUT2D eigenvalue weighted by atomic mass is 10.0. The highest BCUT2D eigenvalue weighted by atomic mass is 16.5. The monoisotopic (exact) mass is 236 g/mol. The summed E-state index contributed by atoms with van der Waals surface area (Å²) in [5.74, 6) is 1.00. The lowest BCUT2D eigenvalue weighted by Crippen LogP contribution is -2.36. The molecule has 2 rings (SSSR count). The zero-order valence-corrected chi connectivity index (χ0v) is 10.8. The number of hydrogen-bond donors (Lipinski definition) is 0. The Morgan fingerprint density at radius 1 is 1.29 bits per heavy atom. The maximum Gasteiger partial charge on any atom is 0.259 e. The van der Waals surface area contributed by atoms with E-state index in [1.54, 1.807) is 0 Å². The zero-order chi connectivity index (χ0) is 12.4. The molecule has 0 atom stereocenters. The van der Waals surface area contributed by atoms with E-state index in [2.05, 4.69) is 5.16 Å². The van der Waals surface area contributed by atoms with Crippen LogP contribution in [0.25, 0.3) is 0 Å². The minimum absolute atomic E-state index is 0.0900. The van der Waals surface area contributed by atoms with Gasteiger partial charge in [-0.25, -0.2) is 0 Å². The molecule has 94 valence electrons. The minimum atomic E-state index is 0.0900. The molecule has 0 radical (unpaired) electrons. The van der Waals surface area contributed by atoms with Gasteiger partial charge in [0.05, 0.1) is 5.69 Å². The van der Waals surface area contributed by atoms with E-state index in [1.807, 2.05) is 25.7 Å². The number of aryl methyl sites for hydroxylation is 1. The molecule has 1 fully saturated rings. The molecule has 0 spiro atoms. The number of amides is 1. The van der Waals surface area contributed by atoms with E-state index in [9.17, 15) is 4.79 Å². The van der Waals surface area contributed by atoms with Crippen LogP contribution < -0.4 is 0 Å². The van der Waals surface area contributed by atoms with Crippen LogP contribution in [0.3, 0.4) is 0 Å².